The number of hydrogen-bond acceptors (Lipinski definition) is 8. The highest BCUT2D eigenvalue weighted by Crippen LogP contribution is 2.41. The van der Waals surface area contributed by atoms with Gasteiger partial charge in [-0.25, -0.2) is 4.98 Å². The molecule has 0 saturated carbocycles. The molecule has 1 aromatic heterocycles. The lowest BCUT2D eigenvalue weighted by atomic mass is 9.99. The number of aromatic nitrogens is 2. The molecule has 1 atom stereocenters. The van der Waals surface area contributed by atoms with Crippen LogP contribution in [0.1, 0.15) is 64.4 Å². The zero-order valence-electron chi connectivity index (χ0n) is 24.3. The molecular weight excluding hydrogens is 563 g/mol. The molecule has 0 bridgehead atoms. The van der Waals surface area contributed by atoms with Gasteiger partial charge in [-0.3, -0.25) is 9.59 Å². The van der Waals surface area contributed by atoms with Gasteiger partial charge in [-0.05, 0) is 75.6 Å². The van der Waals surface area contributed by atoms with E-state index in [0.29, 0.717) is 30.3 Å². The molecule has 0 spiro atoms. The normalized spacial score (nSPS) is 17.4. The molecule has 0 radical (unpaired) electrons. The second-order valence-electron chi connectivity index (χ2n) is 10.9. The molecule has 1 unspecified atom stereocenters. The SMILES string of the molecule is CCCC1Cc2cccc(Oc3nc(Nc4ccc(C(=O)NC5CCN(C)CC5)cc4OC)ncc3C(F)(F)F)c2C1=O. The van der Waals surface area contributed by atoms with Gasteiger partial charge in [0, 0.05) is 23.7 Å². The average Bonchev–Trinajstić information content (AvgIpc) is 3.29. The number of benzene rings is 2. The summed E-state index contributed by atoms with van der Waals surface area (Å²) in [5.74, 6) is -1.24. The van der Waals surface area contributed by atoms with E-state index in [4.69, 9.17) is 9.47 Å². The van der Waals surface area contributed by atoms with E-state index in [-0.39, 0.29) is 46.7 Å². The molecule has 3 aromatic rings. The molecular formula is C31H34F3N5O4. The lowest BCUT2D eigenvalue weighted by molar-refractivity contribution is -0.139. The van der Waals surface area contributed by atoms with Gasteiger partial charge in [0.2, 0.25) is 11.8 Å². The van der Waals surface area contributed by atoms with Crippen molar-refractivity contribution < 1.29 is 32.2 Å². The van der Waals surface area contributed by atoms with Crippen LogP contribution in [0.25, 0.3) is 0 Å². The molecule has 43 heavy (non-hydrogen) atoms. The average molecular weight is 598 g/mol. The molecule has 228 valence electrons. The summed E-state index contributed by atoms with van der Waals surface area (Å²) >= 11 is 0. The fourth-order valence-electron chi connectivity index (χ4n) is 5.54. The fourth-order valence-corrected chi connectivity index (χ4v) is 5.54. The third kappa shape index (κ3) is 6.74. The third-order valence-electron chi connectivity index (χ3n) is 7.86. The fraction of sp³-hybridized carbons (Fsp3) is 0.419. The number of nitrogens with zero attached hydrogens (tertiary/aromatic N) is 3. The van der Waals surface area contributed by atoms with Crippen LogP contribution in [0.5, 0.6) is 17.4 Å². The first-order valence-corrected chi connectivity index (χ1v) is 14.3. The Bertz CT molecular complexity index is 1510. The van der Waals surface area contributed by atoms with E-state index in [0.717, 1.165) is 37.9 Å². The number of carbonyl (C=O) groups excluding carboxylic acids is 2. The molecule has 1 aliphatic heterocycles. The van der Waals surface area contributed by atoms with Crippen molar-refractivity contribution in [3.05, 3.63) is 64.8 Å². The van der Waals surface area contributed by atoms with Gasteiger partial charge in [0.05, 0.1) is 18.4 Å². The van der Waals surface area contributed by atoms with Gasteiger partial charge in [-0.15, -0.1) is 0 Å². The van der Waals surface area contributed by atoms with Crippen molar-refractivity contribution in [3.63, 3.8) is 0 Å². The van der Waals surface area contributed by atoms with Crippen LogP contribution >= 0.6 is 0 Å². The quantitative estimate of drug-likeness (QED) is 0.309. The minimum atomic E-state index is -4.80. The number of ether oxygens (including phenoxy) is 2. The molecule has 1 fully saturated rings. The number of alkyl halides is 3. The number of halogens is 3. The molecule has 2 N–H and O–H groups in total. The van der Waals surface area contributed by atoms with E-state index < -0.39 is 17.6 Å². The Labute approximate surface area is 247 Å². The molecule has 1 saturated heterocycles. The third-order valence-corrected chi connectivity index (χ3v) is 7.86. The monoisotopic (exact) mass is 597 g/mol. The number of amides is 1. The van der Waals surface area contributed by atoms with Gasteiger partial charge in [0.1, 0.15) is 17.1 Å². The first-order chi connectivity index (χ1) is 20.6. The summed E-state index contributed by atoms with van der Waals surface area (Å²) in [5.41, 5.74) is 0.563. The van der Waals surface area contributed by atoms with Crippen LogP contribution in [0.3, 0.4) is 0 Å². The van der Waals surface area contributed by atoms with E-state index in [2.05, 4.69) is 25.5 Å². The highest BCUT2D eigenvalue weighted by Gasteiger charge is 2.38. The van der Waals surface area contributed by atoms with Crippen LogP contribution < -0.4 is 20.1 Å². The van der Waals surface area contributed by atoms with Crippen molar-refractivity contribution in [2.75, 3.05) is 32.6 Å². The number of carbonyl (C=O) groups is 2. The number of fused-ring (bicyclic) bond motifs is 1. The first-order valence-electron chi connectivity index (χ1n) is 14.3. The van der Waals surface area contributed by atoms with Crippen molar-refractivity contribution in [1.82, 2.24) is 20.2 Å². The van der Waals surface area contributed by atoms with Gasteiger partial charge < -0.3 is 25.0 Å². The molecule has 1 aliphatic carbocycles. The van der Waals surface area contributed by atoms with Crippen molar-refractivity contribution in [2.24, 2.45) is 5.92 Å². The first kappa shape index (κ1) is 30.3. The number of Topliss-reactive ketones (excluding diaryl/α,β-unsaturated/α-hetero) is 1. The van der Waals surface area contributed by atoms with Gasteiger partial charge in [-0.1, -0.05) is 25.5 Å². The Kier molecular flexibility index (Phi) is 8.86. The Hall–Kier alpha value is -4.19. The Morgan fingerprint density at radius 2 is 1.91 bits per heavy atom. The van der Waals surface area contributed by atoms with Crippen LogP contribution in [0.15, 0.2) is 42.6 Å². The van der Waals surface area contributed by atoms with Crippen LogP contribution in [-0.4, -0.2) is 59.8 Å². The van der Waals surface area contributed by atoms with Crippen molar-refractivity contribution in [2.45, 2.75) is 51.2 Å². The van der Waals surface area contributed by atoms with E-state index in [1.54, 1.807) is 30.3 Å². The summed E-state index contributed by atoms with van der Waals surface area (Å²) in [4.78, 5) is 36.0. The van der Waals surface area contributed by atoms with Crippen LogP contribution in [0, 0.1) is 5.92 Å². The minimum Gasteiger partial charge on any atom is -0.495 e. The van der Waals surface area contributed by atoms with Gasteiger partial charge in [0.15, 0.2) is 5.78 Å². The van der Waals surface area contributed by atoms with Crippen LogP contribution in [0.2, 0.25) is 0 Å². The number of anilines is 2. The summed E-state index contributed by atoms with van der Waals surface area (Å²) in [5, 5.41) is 5.91. The van der Waals surface area contributed by atoms with Gasteiger partial charge in [-0.2, -0.15) is 18.2 Å². The van der Waals surface area contributed by atoms with E-state index >= 15 is 0 Å². The smallest absolute Gasteiger partial charge is 0.423 e. The number of likely N-dealkylation sites (tertiary alicyclic amines) is 1. The summed E-state index contributed by atoms with van der Waals surface area (Å²) in [6, 6.07) is 9.68. The maximum atomic E-state index is 13.9. The molecule has 5 rings (SSSR count). The van der Waals surface area contributed by atoms with E-state index in [1.165, 1.54) is 13.2 Å². The van der Waals surface area contributed by atoms with Crippen LogP contribution in [-0.2, 0) is 12.6 Å². The van der Waals surface area contributed by atoms with Crippen molar-refractivity contribution in [1.29, 1.82) is 0 Å². The van der Waals surface area contributed by atoms with E-state index in [9.17, 15) is 22.8 Å². The molecule has 9 nitrogen and oxygen atoms in total. The Balaban J connectivity index is 1.39. The maximum absolute atomic E-state index is 13.9. The summed E-state index contributed by atoms with van der Waals surface area (Å²) in [7, 11) is 3.46. The standard InChI is InChI=1S/C31H34F3N5O4/c1-4-6-19-15-18-7-5-8-24(26(18)27(19)40)43-29-22(31(32,33)34)17-35-30(38-29)37-23-10-9-20(16-25(23)42-3)28(41)36-21-11-13-39(2)14-12-21/h5,7-10,16-17,19,21H,4,6,11-15H2,1-3H3,(H,36,41)(H,35,37,38). The summed E-state index contributed by atoms with van der Waals surface area (Å²) in [6.07, 6.45) is -0.446. The molecule has 1 amide bonds. The molecule has 2 heterocycles. The minimum absolute atomic E-state index is 0.0220. The second kappa shape index (κ2) is 12.6. The zero-order valence-corrected chi connectivity index (χ0v) is 24.3. The van der Waals surface area contributed by atoms with Gasteiger partial charge in [0.25, 0.3) is 5.91 Å². The van der Waals surface area contributed by atoms with E-state index in [1.807, 2.05) is 14.0 Å². The highest BCUT2D eigenvalue weighted by atomic mass is 19.4. The number of hydrogen-bond donors (Lipinski definition) is 2. The van der Waals surface area contributed by atoms with Crippen LogP contribution in [0.4, 0.5) is 24.8 Å². The number of nitrogens with one attached hydrogen (secondary N) is 2. The lowest BCUT2D eigenvalue weighted by Crippen LogP contribution is -2.43. The Morgan fingerprint density at radius 3 is 2.60 bits per heavy atom. The summed E-state index contributed by atoms with van der Waals surface area (Å²) < 4.78 is 53.0. The number of rotatable bonds is 9. The molecule has 2 aliphatic rings. The molecule has 2 aromatic carbocycles. The second-order valence-corrected chi connectivity index (χ2v) is 10.9. The molecule has 12 heteroatoms. The highest BCUT2D eigenvalue weighted by molar-refractivity contribution is 6.04. The largest absolute Gasteiger partial charge is 0.495 e. The number of methoxy groups -OCH3 is 1. The predicted octanol–water partition coefficient (Wildman–Crippen LogP) is 6.02. The van der Waals surface area contributed by atoms with Crippen molar-refractivity contribution in [3.8, 4) is 17.4 Å². The summed E-state index contributed by atoms with van der Waals surface area (Å²) in [6.45, 7) is 3.78. The topological polar surface area (TPSA) is 106 Å². The predicted molar refractivity (Wildman–Crippen MR) is 154 cm³/mol. The van der Waals surface area contributed by atoms with Crippen molar-refractivity contribution >= 4 is 23.3 Å². The maximum Gasteiger partial charge on any atom is 0.423 e. The lowest BCUT2D eigenvalue weighted by Gasteiger charge is -2.29. The van der Waals surface area contributed by atoms with Gasteiger partial charge >= 0.3 is 6.18 Å². The number of piperidine rings is 1. The number of ketones is 1. The zero-order chi connectivity index (χ0) is 30.7. The Morgan fingerprint density at radius 1 is 1.14 bits per heavy atom.